The number of nitrogens with zero attached hydrogens (tertiary/aromatic N) is 4. The van der Waals surface area contributed by atoms with Gasteiger partial charge in [0.15, 0.2) is 1.41 Å². The van der Waals surface area contributed by atoms with Crippen molar-refractivity contribution in [1.82, 2.24) is 14.9 Å². The minimum Gasteiger partial charge on any atom is -0.367 e. The molecule has 0 radical (unpaired) electrons. The molecule has 4 rings (SSSR count). The molecular weight excluding hydrogens is 378 g/mol. The predicted octanol–water partition coefficient (Wildman–Crippen LogP) is 4.60. The van der Waals surface area contributed by atoms with Crippen molar-refractivity contribution < 1.29 is 17.9 Å². The average Bonchev–Trinajstić information content (AvgIpc) is 3.14. The van der Waals surface area contributed by atoms with Gasteiger partial charge < -0.3 is 5.31 Å². The summed E-state index contributed by atoms with van der Waals surface area (Å²) < 4.78 is 113. The van der Waals surface area contributed by atoms with Gasteiger partial charge in [-0.05, 0) is 42.9 Å². The largest absolute Gasteiger partial charge is 0.367 e. The van der Waals surface area contributed by atoms with Gasteiger partial charge in [0.05, 0.1) is 24.1 Å². The van der Waals surface area contributed by atoms with E-state index in [1.165, 1.54) is 6.07 Å². The molecule has 1 aliphatic rings. The van der Waals surface area contributed by atoms with Gasteiger partial charge >= 0.3 is 0 Å². The number of benzene rings is 1. The van der Waals surface area contributed by atoms with E-state index in [1.807, 2.05) is 6.07 Å². The SMILES string of the molecule is [2H]c1c(Cl)sc2ncnc(N([2H])C3([2H])C([2H])([2H])C([2H])([2H])N(C([2H])([2H])c4ccc(C)c(C#N)c4)C([2H])([2H])C3([2H])[2H])c12. The molecule has 1 saturated heterocycles. The summed E-state index contributed by atoms with van der Waals surface area (Å²) in [4.78, 5) is 7.49. The Labute approximate surface area is 185 Å². The van der Waals surface area contributed by atoms with Crippen molar-refractivity contribution in [2.75, 3.05) is 18.3 Å². The lowest BCUT2D eigenvalue weighted by Gasteiger charge is -2.32. The van der Waals surface area contributed by atoms with Gasteiger partial charge in [-0.3, -0.25) is 4.90 Å². The minimum atomic E-state index is -3.85. The first-order chi connectivity index (χ1) is 18.1. The molecule has 0 aliphatic carbocycles. The molecule has 3 aromatic rings. The Morgan fingerprint density at radius 3 is 3.15 bits per heavy atom. The number of fused-ring (bicyclic) bond motifs is 1. The lowest BCUT2D eigenvalue weighted by atomic mass is 10.0. The fourth-order valence-electron chi connectivity index (χ4n) is 2.28. The van der Waals surface area contributed by atoms with Gasteiger partial charge in [0.1, 0.15) is 17.0 Å². The van der Waals surface area contributed by atoms with E-state index < -0.39 is 55.7 Å². The Kier molecular flexibility index (Phi) is 2.44. The smallest absolute Gasteiger partial charge is 0.162 e. The molecule has 1 aromatic carbocycles. The summed E-state index contributed by atoms with van der Waals surface area (Å²) >= 11 is 6.81. The van der Waals surface area contributed by atoms with Crippen molar-refractivity contribution in [1.29, 1.82) is 5.26 Å². The van der Waals surface area contributed by atoms with Crippen molar-refractivity contribution in [3.63, 3.8) is 0 Å². The number of hydrogen-bond acceptors (Lipinski definition) is 6. The van der Waals surface area contributed by atoms with Crippen molar-refractivity contribution in [2.45, 2.75) is 32.2 Å². The van der Waals surface area contributed by atoms with Crippen molar-refractivity contribution in [3.05, 3.63) is 51.6 Å². The highest BCUT2D eigenvalue weighted by molar-refractivity contribution is 7.22. The molecule has 0 bridgehead atoms. The maximum absolute atomic E-state index is 9.39. The van der Waals surface area contributed by atoms with Crippen molar-refractivity contribution in [2.24, 2.45) is 0 Å². The fourth-order valence-corrected chi connectivity index (χ4v) is 3.26. The molecular formula is C20H20ClN5S. The highest BCUT2D eigenvalue weighted by atomic mass is 35.5. The van der Waals surface area contributed by atoms with Crippen LogP contribution in [0.25, 0.3) is 10.2 Å². The van der Waals surface area contributed by atoms with Gasteiger partial charge in [-0.25, -0.2) is 9.97 Å². The minimum absolute atomic E-state index is 0.0221. The molecule has 7 heteroatoms. The Balaban J connectivity index is 1.99. The number of anilines is 1. The van der Waals surface area contributed by atoms with E-state index in [2.05, 4.69) is 9.97 Å². The molecule has 0 atom stereocenters. The third-order valence-electron chi connectivity index (χ3n) is 3.59. The molecule has 27 heavy (non-hydrogen) atoms. The molecule has 0 saturated carbocycles. The van der Waals surface area contributed by atoms with Crippen LogP contribution in [0.1, 0.15) is 45.9 Å². The Bertz CT molecular complexity index is 1530. The first-order valence-electron chi connectivity index (χ1n) is 14.1. The predicted molar refractivity (Wildman–Crippen MR) is 110 cm³/mol. The van der Waals surface area contributed by atoms with E-state index in [0.29, 0.717) is 5.56 Å². The van der Waals surface area contributed by atoms with Crippen LogP contribution in [-0.4, -0.2) is 33.9 Å². The third kappa shape index (κ3) is 4.06. The molecule has 5 nitrogen and oxygen atoms in total. The summed E-state index contributed by atoms with van der Waals surface area (Å²) in [6.45, 7) is -9.31. The summed E-state index contributed by atoms with van der Waals surface area (Å²) in [6.07, 6.45) is -6.82. The second-order valence-corrected chi connectivity index (χ2v) is 7.00. The zero-order valence-corrected chi connectivity index (χ0v) is 15.4. The number of nitrogens with one attached hydrogen (secondary N) is 1. The zero-order chi connectivity index (χ0) is 30.4. The Morgan fingerprint density at radius 2 is 2.37 bits per heavy atom. The lowest BCUT2D eigenvalue weighted by Crippen LogP contribution is -2.38. The van der Waals surface area contributed by atoms with E-state index in [4.69, 9.17) is 29.5 Å². The van der Waals surface area contributed by atoms with Crippen LogP contribution in [0.4, 0.5) is 5.82 Å². The normalized spacial score (nSPS) is 32.0. The maximum atomic E-state index is 9.39. The van der Waals surface area contributed by atoms with Gasteiger partial charge in [-0.15, -0.1) is 11.3 Å². The topological polar surface area (TPSA) is 64.8 Å². The molecule has 0 unspecified atom stereocenters. The number of nitriles is 1. The van der Waals surface area contributed by atoms with Crippen molar-refractivity contribution >= 4 is 39.0 Å². The zero-order valence-electron chi connectivity index (χ0n) is 26.8. The molecule has 0 amide bonds. The molecule has 3 heterocycles. The first-order valence-corrected chi connectivity index (χ1v) is 8.83. The van der Waals surface area contributed by atoms with E-state index in [1.54, 1.807) is 6.92 Å². The second-order valence-electron chi connectivity index (χ2n) is 5.40. The summed E-state index contributed by atoms with van der Waals surface area (Å²) in [5, 5.41) is 8.99. The molecule has 138 valence electrons. The summed E-state index contributed by atoms with van der Waals surface area (Å²) in [5.74, 6) is -0.693. The Morgan fingerprint density at radius 1 is 1.56 bits per heavy atom. The van der Waals surface area contributed by atoms with Crippen LogP contribution >= 0.6 is 22.9 Å². The van der Waals surface area contributed by atoms with Crippen LogP contribution in [0, 0.1) is 18.3 Å². The number of halogens is 1. The van der Waals surface area contributed by atoms with Gasteiger partial charge in [-0.2, -0.15) is 5.26 Å². The number of aryl methyl sites for hydroxylation is 1. The van der Waals surface area contributed by atoms with E-state index in [0.717, 1.165) is 29.8 Å². The summed E-state index contributed by atoms with van der Waals surface area (Å²) in [5.41, 5.74) is -0.0459. The highest BCUT2D eigenvalue weighted by Gasteiger charge is 2.20. The third-order valence-corrected chi connectivity index (χ3v) is 4.70. The number of likely N-dealkylation sites (tertiary alicyclic amines) is 1. The number of thiophene rings is 1. The van der Waals surface area contributed by atoms with Crippen LogP contribution in [0.15, 0.2) is 30.6 Å². The summed E-state index contributed by atoms with van der Waals surface area (Å²) in [7, 11) is 0. The average molecular weight is 411 g/mol. The summed E-state index contributed by atoms with van der Waals surface area (Å²) in [6, 6.07) is 1.15. The number of piperidine rings is 1. The van der Waals surface area contributed by atoms with Crippen LogP contribution in [0.3, 0.4) is 0 Å². The molecule has 1 fully saturated rings. The van der Waals surface area contributed by atoms with E-state index in [-0.39, 0.29) is 30.3 Å². The number of aromatic nitrogens is 2. The molecule has 2 aromatic heterocycles. The molecule has 0 spiro atoms. The Hall–Kier alpha value is -2.20. The maximum Gasteiger partial charge on any atom is 0.162 e. The quantitative estimate of drug-likeness (QED) is 0.680. The van der Waals surface area contributed by atoms with Crippen molar-refractivity contribution in [3.8, 4) is 6.07 Å². The lowest BCUT2D eigenvalue weighted by molar-refractivity contribution is 0.211. The van der Waals surface area contributed by atoms with Gasteiger partial charge in [0.2, 0.25) is 0 Å². The van der Waals surface area contributed by atoms with Crippen LogP contribution in [0.5, 0.6) is 0 Å². The fraction of sp³-hybridized carbons (Fsp3) is 0.350. The van der Waals surface area contributed by atoms with Crippen LogP contribution < -0.4 is 5.31 Å². The standard InChI is InChI=1S/C20H20ClN5S/c1-13-2-3-14(8-15(13)10-22)11-26-6-4-16(5-7-26)25-19-17-9-18(21)27-20(17)24-12-23-19/h2-3,8-9,12,16H,4-7,11H2,1H3,(H,23,24,25)/i4D2,5D2,6D2,7D2,9D,11D2,16D/hD. The molecule has 1 aliphatic heterocycles. The van der Waals surface area contributed by atoms with Gasteiger partial charge in [-0.1, -0.05) is 23.7 Å². The van der Waals surface area contributed by atoms with E-state index in [9.17, 15) is 5.26 Å². The first kappa shape index (κ1) is 8.44. The molecule has 1 N–H and O–H groups in total. The second kappa shape index (κ2) is 7.81. The van der Waals surface area contributed by atoms with E-state index >= 15 is 0 Å². The number of rotatable bonds is 4. The van der Waals surface area contributed by atoms with Gasteiger partial charge in [0.25, 0.3) is 0 Å². The number of hydrogen-bond donors (Lipinski definition) is 1. The van der Waals surface area contributed by atoms with Gasteiger partial charge in [0, 0.05) is 39.2 Å². The highest BCUT2D eigenvalue weighted by Crippen LogP contribution is 2.32. The monoisotopic (exact) mass is 410 g/mol. The van der Waals surface area contributed by atoms with Crippen LogP contribution in [-0.2, 0) is 6.50 Å². The van der Waals surface area contributed by atoms with Crippen LogP contribution in [0.2, 0.25) is 5.75 Å².